The third-order valence-corrected chi connectivity index (χ3v) is 1.63. The third-order valence-electron chi connectivity index (χ3n) is 1.63. The molecule has 0 N–H and O–H groups in total. The predicted molar refractivity (Wildman–Crippen MR) is 43.5 cm³/mol. The van der Waals surface area contributed by atoms with E-state index in [4.69, 9.17) is 0 Å². The molecule has 0 atom stereocenters. The number of halogens is 7. The maximum atomic E-state index is 12.6. The highest BCUT2D eigenvalue weighted by molar-refractivity contribution is 5.82. The summed E-state index contributed by atoms with van der Waals surface area (Å²) in [5.41, 5.74) is 0. The van der Waals surface area contributed by atoms with Crippen LogP contribution in [0.15, 0.2) is 0 Å². The summed E-state index contributed by atoms with van der Waals surface area (Å²) in [7, 11) is 0. The van der Waals surface area contributed by atoms with Crippen molar-refractivity contribution < 1.29 is 49.8 Å². The number of carbonyl (C=O) groups is 2. The fraction of sp³-hybridized carbons (Fsp3) is 0.750. The number of rotatable bonds is 5. The minimum absolute atomic E-state index is 0.231. The zero-order valence-electron chi connectivity index (χ0n) is 9.19. The molecule has 112 valence electrons. The Morgan fingerprint density at radius 1 is 0.947 bits per heavy atom. The highest BCUT2D eigenvalue weighted by atomic mass is 19.4. The first-order valence-corrected chi connectivity index (χ1v) is 4.53. The molecule has 0 rings (SSSR count). The van der Waals surface area contributed by atoms with Gasteiger partial charge in [0.15, 0.2) is 6.61 Å². The smallest absolute Gasteiger partial charge is 0.460 e. The van der Waals surface area contributed by atoms with Crippen molar-refractivity contribution in [3.05, 3.63) is 0 Å². The van der Waals surface area contributed by atoms with E-state index in [0.29, 0.717) is 0 Å². The van der Waals surface area contributed by atoms with E-state index in [1.165, 1.54) is 6.92 Å². The van der Waals surface area contributed by atoms with Crippen LogP contribution in [0.4, 0.5) is 30.7 Å². The van der Waals surface area contributed by atoms with Gasteiger partial charge < -0.3 is 9.47 Å². The van der Waals surface area contributed by atoms with Gasteiger partial charge in [0.05, 0.1) is 6.61 Å². The molecular weight excluding hydrogens is 293 g/mol. The van der Waals surface area contributed by atoms with E-state index in [9.17, 15) is 40.3 Å². The maximum absolute atomic E-state index is 12.6. The Hall–Kier alpha value is -1.55. The van der Waals surface area contributed by atoms with Gasteiger partial charge in [0.1, 0.15) is 0 Å². The standard InChI is InChI=1S/C8H7F7O4/c1-2-18-4(16)3-19-5(17)6(9,10)7(11,12)8(13,14)15/h2-3H2,1H3. The lowest BCUT2D eigenvalue weighted by atomic mass is 10.1. The number of ether oxygens (including phenoxy) is 2. The summed E-state index contributed by atoms with van der Waals surface area (Å²) in [6.45, 7) is -0.437. The lowest BCUT2D eigenvalue weighted by molar-refractivity contribution is -0.348. The largest absolute Gasteiger partial charge is 0.463 e. The molecule has 0 aliphatic rings. The van der Waals surface area contributed by atoms with Gasteiger partial charge in [0.25, 0.3) is 0 Å². The summed E-state index contributed by atoms with van der Waals surface area (Å²) < 4.78 is 92.4. The van der Waals surface area contributed by atoms with Gasteiger partial charge >= 0.3 is 30.0 Å². The van der Waals surface area contributed by atoms with Crippen molar-refractivity contribution in [1.82, 2.24) is 0 Å². The number of esters is 2. The lowest BCUT2D eigenvalue weighted by Crippen LogP contribution is -2.56. The number of hydrogen-bond donors (Lipinski definition) is 0. The molecule has 0 fully saturated rings. The van der Waals surface area contributed by atoms with Gasteiger partial charge in [-0.1, -0.05) is 0 Å². The Labute approximate surface area is 101 Å². The van der Waals surface area contributed by atoms with Gasteiger partial charge in [0.2, 0.25) is 0 Å². The first-order chi connectivity index (χ1) is 8.38. The van der Waals surface area contributed by atoms with Gasteiger partial charge in [-0.05, 0) is 6.92 Å². The fourth-order valence-corrected chi connectivity index (χ4v) is 0.724. The molecule has 0 aliphatic heterocycles. The van der Waals surface area contributed by atoms with Gasteiger partial charge in [0, 0.05) is 0 Å². The second kappa shape index (κ2) is 5.61. The van der Waals surface area contributed by atoms with Crippen LogP contribution in [0.25, 0.3) is 0 Å². The summed E-state index contributed by atoms with van der Waals surface area (Å²) in [4.78, 5) is 21.1. The van der Waals surface area contributed by atoms with E-state index in [1.54, 1.807) is 0 Å². The Morgan fingerprint density at radius 2 is 1.42 bits per heavy atom. The summed E-state index contributed by atoms with van der Waals surface area (Å²) in [5, 5.41) is 0. The van der Waals surface area contributed by atoms with Crippen LogP contribution in [0.2, 0.25) is 0 Å². The van der Waals surface area contributed by atoms with Crippen LogP contribution in [-0.2, 0) is 19.1 Å². The first kappa shape index (κ1) is 17.4. The SMILES string of the molecule is CCOC(=O)COC(=O)C(F)(F)C(F)(F)C(F)(F)F. The summed E-state index contributed by atoms with van der Waals surface area (Å²) >= 11 is 0. The van der Waals surface area contributed by atoms with Gasteiger partial charge in [-0.3, -0.25) is 0 Å². The maximum Gasteiger partial charge on any atom is 0.460 e. The normalized spacial score (nSPS) is 13.1. The molecule has 0 bridgehead atoms. The zero-order valence-corrected chi connectivity index (χ0v) is 9.19. The fourth-order valence-electron chi connectivity index (χ4n) is 0.724. The van der Waals surface area contributed by atoms with Crippen molar-refractivity contribution >= 4 is 11.9 Å². The molecule has 4 nitrogen and oxygen atoms in total. The molecule has 0 aromatic rings. The number of carbonyl (C=O) groups excluding carboxylic acids is 2. The minimum atomic E-state index is -6.65. The van der Waals surface area contributed by atoms with Gasteiger partial charge in [-0.15, -0.1) is 0 Å². The molecule has 0 spiro atoms. The molecule has 0 saturated heterocycles. The number of hydrogen-bond acceptors (Lipinski definition) is 4. The van der Waals surface area contributed by atoms with E-state index in [2.05, 4.69) is 9.47 Å². The van der Waals surface area contributed by atoms with Crippen LogP contribution < -0.4 is 0 Å². The highest BCUT2D eigenvalue weighted by Crippen LogP contribution is 2.46. The van der Waals surface area contributed by atoms with E-state index in [-0.39, 0.29) is 6.61 Å². The molecule has 0 aromatic heterocycles. The second-order valence-electron chi connectivity index (χ2n) is 3.03. The topological polar surface area (TPSA) is 52.6 Å². The van der Waals surface area contributed by atoms with Crippen LogP contribution >= 0.6 is 0 Å². The minimum Gasteiger partial charge on any atom is -0.463 e. The first-order valence-electron chi connectivity index (χ1n) is 4.53. The monoisotopic (exact) mass is 300 g/mol. The van der Waals surface area contributed by atoms with Crippen LogP contribution in [0.1, 0.15) is 6.92 Å². The Balaban J connectivity index is 4.83. The van der Waals surface area contributed by atoms with Crippen LogP contribution in [0.3, 0.4) is 0 Å². The zero-order chi connectivity index (χ0) is 15.5. The predicted octanol–water partition coefficient (Wildman–Crippen LogP) is 1.93. The average Bonchev–Trinajstić information content (AvgIpc) is 2.24. The number of alkyl halides is 7. The van der Waals surface area contributed by atoms with Crippen molar-refractivity contribution in [3.8, 4) is 0 Å². The Morgan fingerprint density at radius 3 is 1.79 bits per heavy atom. The lowest BCUT2D eigenvalue weighted by Gasteiger charge is -2.26. The molecule has 0 amide bonds. The summed E-state index contributed by atoms with van der Waals surface area (Å²) in [6.07, 6.45) is -6.65. The van der Waals surface area contributed by atoms with E-state index >= 15 is 0 Å². The highest BCUT2D eigenvalue weighted by Gasteiger charge is 2.77. The van der Waals surface area contributed by atoms with Gasteiger partial charge in [-0.2, -0.15) is 30.7 Å². The molecule has 0 unspecified atom stereocenters. The van der Waals surface area contributed by atoms with Crippen molar-refractivity contribution in [3.63, 3.8) is 0 Å². The molecular formula is C8H7F7O4. The van der Waals surface area contributed by atoms with Crippen LogP contribution in [0, 0.1) is 0 Å². The Bertz CT molecular complexity index is 349. The molecule has 0 aliphatic carbocycles. The molecule has 11 heteroatoms. The average molecular weight is 300 g/mol. The van der Waals surface area contributed by atoms with Crippen LogP contribution in [0.5, 0.6) is 0 Å². The molecule has 0 heterocycles. The van der Waals surface area contributed by atoms with E-state index < -0.39 is 36.6 Å². The van der Waals surface area contributed by atoms with E-state index in [1.807, 2.05) is 0 Å². The quantitative estimate of drug-likeness (QED) is 0.575. The van der Waals surface area contributed by atoms with Crippen molar-refractivity contribution in [2.45, 2.75) is 24.9 Å². The molecule has 0 radical (unpaired) electrons. The third kappa shape index (κ3) is 3.70. The Kier molecular flexibility index (Phi) is 5.15. The van der Waals surface area contributed by atoms with Crippen molar-refractivity contribution in [2.24, 2.45) is 0 Å². The second-order valence-corrected chi connectivity index (χ2v) is 3.03. The van der Waals surface area contributed by atoms with Crippen molar-refractivity contribution in [1.29, 1.82) is 0 Å². The molecule has 0 aromatic carbocycles. The van der Waals surface area contributed by atoms with Crippen LogP contribution in [-0.4, -0.2) is 43.2 Å². The van der Waals surface area contributed by atoms with Gasteiger partial charge in [-0.25, -0.2) is 9.59 Å². The van der Waals surface area contributed by atoms with Crippen molar-refractivity contribution in [2.75, 3.05) is 13.2 Å². The molecule has 0 saturated carbocycles. The van der Waals surface area contributed by atoms with E-state index in [0.717, 1.165) is 0 Å². The summed E-state index contributed by atoms with van der Waals surface area (Å²) in [6, 6.07) is 0. The molecule has 19 heavy (non-hydrogen) atoms. The summed E-state index contributed by atoms with van der Waals surface area (Å²) in [5.74, 6) is -17.3.